The zero-order valence-electron chi connectivity index (χ0n) is 14.5. The lowest BCUT2D eigenvalue weighted by atomic mass is 9.61. The van der Waals surface area contributed by atoms with Crippen LogP contribution in [-0.4, -0.2) is 10.7 Å². The number of hydrogen-bond donors (Lipinski definition) is 1. The van der Waals surface area contributed by atoms with E-state index in [4.69, 9.17) is 0 Å². The smallest absolute Gasteiger partial charge is 0.133 e. The van der Waals surface area contributed by atoms with Crippen molar-refractivity contribution in [2.75, 3.05) is 0 Å². The van der Waals surface area contributed by atoms with Crippen LogP contribution in [0.3, 0.4) is 0 Å². The average Bonchev–Trinajstić information content (AvgIpc) is 2.42. The highest BCUT2D eigenvalue weighted by atomic mass is 16.3. The Morgan fingerprint density at radius 3 is 2.52 bits per heavy atom. The van der Waals surface area contributed by atoms with Gasteiger partial charge >= 0.3 is 0 Å². The topological polar surface area (TPSA) is 20.2 Å². The summed E-state index contributed by atoms with van der Waals surface area (Å²) in [6, 6.07) is 0. The average molecular weight is 286 g/mol. The van der Waals surface area contributed by atoms with Gasteiger partial charge in [0.1, 0.15) is 5.60 Å². The van der Waals surface area contributed by atoms with Gasteiger partial charge < -0.3 is 5.11 Å². The van der Waals surface area contributed by atoms with Crippen LogP contribution in [0.15, 0.2) is 35.5 Å². The van der Waals surface area contributed by atoms with Gasteiger partial charge in [-0.05, 0) is 45.1 Å². The van der Waals surface area contributed by atoms with Gasteiger partial charge in [0.25, 0.3) is 0 Å². The van der Waals surface area contributed by atoms with Crippen LogP contribution in [0.2, 0.25) is 0 Å². The molecule has 0 heterocycles. The van der Waals surface area contributed by atoms with Crippen molar-refractivity contribution < 1.29 is 5.11 Å². The van der Waals surface area contributed by atoms with Crippen LogP contribution < -0.4 is 0 Å². The maximum Gasteiger partial charge on any atom is 0.133 e. The molecule has 1 nitrogen and oxygen atoms in total. The van der Waals surface area contributed by atoms with Crippen molar-refractivity contribution in [1.82, 2.24) is 0 Å². The molecule has 0 radical (unpaired) electrons. The number of hydrogen-bond acceptors (Lipinski definition) is 1. The molecule has 1 fully saturated rings. The van der Waals surface area contributed by atoms with Crippen molar-refractivity contribution >= 4 is 0 Å². The molecular formula is C20H30O. The van der Waals surface area contributed by atoms with E-state index in [9.17, 15) is 5.11 Å². The maximum absolute atomic E-state index is 11.0. The summed E-state index contributed by atoms with van der Waals surface area (Å²) in [6.07, 6.45) is 11.4. The molecule has 1 N–H and O–H groups in total. The summed E-state index contributed by atoms with van der Waals surface area (Å²) < 4.78 is 0. The van der Waals surface area contributed by atoms with Gasteiger partial charge in [-0.3, -0.25) is 0 Å². The van der Waals surface area contributed by atoms with Gasteiger partial charge in [-0.25, -0.2) is 0 Å². The van der Waals surface area contributed by atoms with Crippen molar-refractivity contribution in [2.45, 2.75) is 66.4 Å². The Morgan fingerprint density at radius 2 is 1.95 bits per heavy atom. The van der Waals surface area contributed by atoms with Gasteiger partial charge in [0.05, 0.1) is 0 Å². The molecule has 21 heavy (non-hydrogen) atoms. The van der Waals surface area contributed by atoms with Gasteiger partial charge in [-0.1, -0.05) is 68.9 Å². The van der Waals surface area contributed by atoms with E-state index in [0.29, 0.717) is 0 Å². The predicted molar refractivity (Wildman–Crippen MR) is 91.8 cm³/mol. The van der Waals surface area contributed by atoms with Crippen LogP contribution in [0.5, 0.6) is 0 Å². The monoisotopic (exact) mass is 286 g/mol. The standard InChI is InChI=1S/C20H30O/c1-7-16(2)10-8-11-17(3)13-15-20(21)18(4)12-9-14-19(20,5)6/h7-8,10-11,18,21H,9,12,14H2,1-6H3. The number of aliphatic hydroxyl groups is 1. The summed E-state index contributed by atoms with van der Waals surface area (Å²) in [6.45, 7) is 12.5. The minimum Gasteiger partial charge on any atom is -0.377 e. The summed E-state index contributed by atoms with van der Waals surface area (Å²) in [7, 11) is 0. The first-order chi connectivity index (χ1) is 9.73. The molecule has 1 rings (SSSR count). The van der Waals surface area contributed by atoms with E-state index in [-0.39, 0.29) is 11.3 Å². The zero-order chi connectivity index (χ0) is 16.1. The summed E-state index contributed by atoms with van der Waals surface area (Å²) in [5.41, 5.74) is 1.18. The number of allylic oxidation sites excluding steroid dienone is 6. The van der Waals surface area contributed by atoms with E-state index in [0.717, 1.165) is 18.4 Å². The van der Waals surface area contributed by atoms with Gasteiger partial charge in [0, 0.05) is 5.41 Å². The van der Waals surface area contributed by atoms with Gasteiger partial charge in [0.15, 0.2) is 0 Å². The highest BCUT2D eigenvalue weighted by molar-refractivity contribution is 5.35. The molecule has 1 aliphatic carbocycles. The highest BCUT2D eigenvalue weighted by Crippen LogP contribution is 2.46. The summed E-state index contributed by atoms with van der Waals surface area (Å²) in [5, 5.41) is 11.0. The van der Waals surface area contributed by atoms with E-state index >= 15 is 0 Å². The summed E-state index contributed by atoms with van der Waals surface area (Å²) in [4.78, 5) is 0. The lowest BCUT2D eigenvalue weighted by Gasteiger charge is -2.47. The van der Waals surface area contributed by atoms with Crippen LogP contribution in [0.25, 0.3) is 0 Å². The van der Waals surface area contributed by atoms with Crippen LogP contribution >= 0.6 is 0 Å². The first-order valence-corrected chi connectivity index (χ1v) is 7.96. The van der Waals surface area contributed by atoms with Crippen LogP contribution in [0, 0.1) is 23.2 Å². The second kappa shape index (κ2) is 7.14. The van der Waals surface area contributed by atoms with E-state index in [1.165, 1.54) is 12.0 Å². The van der Waals surface area contributed by atoms with Crippen LogP contribution in [0.4, 0.5) is 0 Å². The molecular weight excluding hydrogens is 256 g/mol. The first kappa shape index (κ1) is 17.8. The molecule has 0 saturated heterocycles. The molecule has 2 atom stereocenters. The highest BCUT2D eigenvalue weighted by Gasteiger charge is 2.48. The third-order valence-corrected chi connectivity index (χ3v) is 4.79. The Morgan fingerprint density at radius 1 is 1.29 bits per heavy atom. The normalized spacial score (nSPS) is 30.1. The van der Waals surface area contributed by atoms with Crippen molar-refractivity contribution in [2.24, 2.45) is 11.3 Å². The third-order valence-electron chi connectivity index (χ3n) is 4.79. The molecule has 1 aliphatic rings. The largest absolute Gasteiger partial charge is 0.377 e. The predicted octanol–water partition coefficient (Wildman–Crippen LogP) is 5.04. The maximum atomic E-state index is 11.0. The van der Waals surface area contributed by atoms with Crippen LogP contribution in [0.1, 0.15) is 60.8 Å². The molecule has 2 unspecified atom stereocenters. The molecule has 0 amide bonds. The fourth-order valence-corrected chi connectivity index (χ4v) is 2.89. The molecule has 0 spiro atoms. The minimum absolute atomic E-state index is 0.144. The van der Waals surface area contributed by atoms with Gasteiger partial charge in [-0.15, -0.1) is 0 Å². The third kappa shape index (κ3) is 4.35. The molecule has 0 bridgehead atoms. The van der Waals surface area contributed by atoms with E-state index in [1.54, 1.807) is 0 Å². The lowest BCUT2D eigenvalue weighted by molar-refractivity contribution is -0.0860. The van der Waals surface area contributed by atoms with Crippen LogP contribution in [-0.2, 0) is 0 Å². The van der Waals surface area contributed by atoms with E-state index in [1.807, 2.05) is 26.0 Å². The summed E-state index contributed by atoms with van der Waals surface area (Å²) in [5.74, 6) is 6.56. The second-order valence-corrected chi connectivity index (χ2v) is 6.94. The molecule has 1 saturated carbocycles. The van der Waals surface area contributed by atoms with Crippen molar-refractivity contribution in [3.63, 3.8) is 0 Å². The van der Waals surface area contributed by atoms with Crippen molar-refractivity contribution in [1.29, 1.82) is 0 Å². The summed E-state index contributed by atoms with van der Waals surface area (Å²) >= 11 is 0. The Bertz CT molecular complexity index is 508. The Hall–Kier alpha value is -1.26. The van der Waals surface area contributed by atoms with Crippen molar-refractivity contribution in [3.8, 4) is 11.8 Å². The molecule has 1 heteroatoms. The zero-order valence-corrected chi connectivity index (χ0v) is 14.5. The fourth-order valence-electron chi connectivity index (χ4n) is 2.89. The first-order valence-electron chi connectivity index (χ1n) is 7.96. The molecule has 0 aliphatic heterocycles. The van der Waals surface area contributed by atoms with Crippen molar-refractivity contribution in [3.05, 3.63) is 35.5 Å². The minimum atomic E-state index is -0.886. The van der Waals surface area contributed by atoms with Gasteiger partial charge in [0.2, 0.25) is 0 Å². The molecule has 116 valence electrons. The van der Waals surface area contributed by atoms with E-state index < -0.39 is 5.60 Å². The lowest BCUT2D eigenvalue weighted by Crippen LogP contribution is -2.51. The van der Waals surface area contributed by atoms with Gasteiger partial charge in [-0.2, -0.15) is 0 Å². The SMILES string of the molecule is CC=C(C)C=CC=C(C)C#CC1(O)C(C)CCCC1(C)C. The second-order valence-electron chi connectivity index (χ2n) is 6.94. The fraction of sp³-hybridized carbons (Fsp3) is 0.600. The number of rotatable bonds is 2. The molecule has 0 aromatic rings. The quantitative estimate of drug-likeness (QED) is 0.557. The Labute approximate surface area is 130 Å². The Kier molecular flexibility index (Phi) is 6.05. The Balaban J connectivity index is 2.93. The molecule has 0 aromatic heterocycles. The van der Waals surface area contributed by atoms with E-state index in [2.05, 4.69) is 51.7 Å². The molecule has 0 aromatic carbocycles.